The van der Waals surface area contributed by atoms with Gasteiger partial charge in [0, 0.05) is 16.5 Å². The number of halogens is 1. The van der Waals surface area contributed by atoms with Crippen LogP contribution in [0.3, 0.4) is 0 Å². The van der Waals surface area contributed by atoms with Crippen molar-refractivity contribution in [2.24, 2.45) is 0 Å². The highest BCUT2D eigenvalue weighted by molar-refractivity contribution is 7.14. The summed E-state index contributed by atoms with van der Waals surface area (Å²) < 4.78 is 4.85. The molecular formula is C16H15ClN2O3S. The van der Waals surface area contributed by atoms with E-state index in [1.165, 1.54) is 17.4 Å². The molecule has 0 radical (unpaired) electrons. The summed E-state index contributed by atoms with van der Waals surface area (Å²) in [6.45, 7) is 2.08. The molecule has 0 aliphatic heterocycles. The van der Waals surface area contributed by atoms with Crippen molar-refractivity contribution in [3.8, 4) is 0 Å². The third-order valence-electron chi connectivity index (χ3n) is 2.73. The molecule has 0 aliphatic rings. The van der Waals surface area contributed by atoms with Crippen LogP contribution in [0.15, 0.2) is 35.7 Å². The number of esters is 1. The van der Waals surface area contributed by atoms with Gasteiger partial charge in [-0.1, -0.05) is 29.8 Å². The largest absolute Gasteiger partial charge is 0.466 e. The van der Waals surface area contributed by atoms with Gasteiger partial charge in [0.2, 0.25) is 5.91 Å². The molecule has 23 heavy (non-hydrogen) atoms. The van der Waals surface area contributed by atoms with Gasteiger partial charge >= 0.3 is 5.97 Å². The van der Waals surface area contributed by atoms with E-state index in [9.17, 15) is 9.59 Å². The number of benzene rings is 1. The van der Waals surface area contributed by atoms with E-state index in [0.29, 0.717) is 22.5 Å². The Kier molecular flexibility index (Phi) is 6.31. The van der Waals surface area contributed by atoms with Gasteiger partial charge in [-0.3, -0.25) is 14.9 Å². The van der Waals surface area contributed by atoms with Crippen LogP contribution in [0.25, 0.3) is 6.08 Å². The lowest BCUT2D eigenvalue weighted by Crippen LogP contribution is -2.09. The van der Waals surface area contributed by atoms with Gasteiger partial charge in [-0.2, -0.15) is 0 Å². The normalized spacial score (nSPS) is 10.7. The van der Waals surface area contributed by atoms with E-state index in [1.54, 1.807) is 24.4 Å². The molecule has 0 spiro atoms. The summed E-state index contributed by atoms with van der Waals surface area (Å²) in [5.41, 5.74) is 1.32. The fraction of sp³-hybridized carbons (Fsp3) is 0.188. The maximum absolute atomic E-state index is 11.9. The minimum atomic E-state index is -0.339. The summed E-state index contributed by atoms with van der Waals surface area (Å²) in [6, 6.07) is 7.22. The van der Waals surface area contributed by atoms with E-state index in [1.807, 2.05) is 18.2 Å². The van der Waals surface area contributed by atoms with Crippen molar-refractivity contribution in [1.82, 2.24) is 4.98 Å². The standard InChI is InChI=1S/C16H15ClN2O3S/c1-2-22-15(21)9-12-10-23-16(18-12)19-14(20)8-7-11-5-3-4-6-13(11)17/h3-8,10H,2,9H2,1H3,(H,18,19,20)/b8-7+. The van der Waals surface area contributed by atoms with Crippen molar-refractivity contribution in [3.05, 3.63) is 52.0 Å². The molecule has 1 amide bonds. The van der Waals surface area contributed by atoms with E-state index >= 15 is 0 Å². The van der Waals surface area contributed by atoms with Crippen LogP contribution in [-0.4, -0.2) is 23.5 Å². The summed E-state index contributed by atoms with van der Waals surface area (Å²) in [4.78, 5) is 27.4. The highest BCUT2D eigenvalue weighted by Gasteiger charge is 2.09. The van der Waals surface area contributed by atoms with Crippen LogP contribution in [0.2, 0.25) is 5.02 Å². The first kappa shape index (κ1) is 17.2. The number of anilines is 1. The Morgan fingerprint density at radius 2 is 2.17 bits per heavy atom. The number of hydrogen-bond donors (Lipinski definition) is 1. The van der Waals surface area contributed by atoms with Crippen LogP contribution in [0.4, 0.5) is 5.13 Å². The molecule has 1 aromatic heterocycles. The number of amides is 1. The third-order valence-corrected chi connectivity index (χ3v) is 3.88. The van der Waals surface area contributed by atoms with Crippen LogP contribution in [0.5, 0.6) is 0 Å². The lowest BCUT2D eigenvalue weighted by atomic mass is 10.2. The van der Waals surface area contributed by atoms with Gasteiger partial charge in [0.15, 0.2) is 5.13 Å². The van der Waals surface area contributed by atoms with Crippen molar-refractivity contribution in [1.29, 1.82) is 0 Å². The molecule has 0 saturated carbocycles. The monoisotopic (exact) mass is 350 g/mol. The maximum Gasteiger partial charge on any atom is 0.311 e. The van der Waals surface area contributed by atoms with E-state index in [2.05, 4.69) is 10.3 Å². The predicted octanol–water partition coefficient (Wildman–Crippen LogP) is 3.55. The summed E-state index contributed by atoms with van der Waals surface area (Å²) in [5, 5.41) is 5.36. The predicted molar refractivity (Wildman–Crippen MR) is 91.6 cm³/mol. The number of nitrogens with one attached hydrogen (secondary N) is 1. The molecule has 120 valence electrons. The second-order valence-electron chi connectivity index (χ2n) is 4.47. The molecular weight excluding hydrogens is 336 g/mol. The third kappa shape index (κ3) is 5.50. The van der Waals surface area contributed by atoms with Crippen LogP contribution in [0, 0.1) is 0 Å². The topological polar surface area (TPSA) is 68.3 Å². The zero-order valence-corrected chi connectivity index (χ0v) is 14.0. The number of carbonyl (C=O) groups excluding carboxylic acids is 2. The molecule has 0 aliphatic carbocycles. The number of ether oxygens (including phenoxy) is 1. The zero-order valence-electron chi connectivity index (χ0n) is 12.4. The van der Waals surface area contributed by atoms with Gasteiger partial charge in [0.05, 0.1) is 18.7 Å². The van der Waals surface area contributed by atoms with E-state index < -0.39 is 0 Å². The molecule has 7 heteroatoms. The summed E-state index contributed by atoms with van der Waals surface area (Å²) >= 11 is 7.26. The number of nitrogens with zero attached hydrogens (tertiary/aromatic N) is 1. The smallest absolute Gasteiger partial charge is 0.311 e. The molecule has 1 heterocycles. The lowest BCUT2D eigenvalue weighted by Gasteiger charge is -1.99. The first-order valence-electron chi connectivity index (χ1n) is 6.92. The average Bonchev–Trinajstić information content (AvgIpc) is 2.93. The van der Waals surface area contributed by atoms with Gasteiger partial charge in [-0.25, -0.2) is 4.98 Å². The van der Waals surface area contributed by atoms with E-state index in [0.717, 1.165) is 5.56 Å². The van der Waals surface area contributed by atoms with Crippen molar-refractivity contribution in [2.45, 2.75) is 13.3 Å². The number of hydrogen-bond acceptors (Lipinski definition) is 5. The molecule has 0 bridgehead atoms. The fourth-order valence-corrected chi connectivity index (χ4v) is 2.64. The number of carbonyl (C=O) groups is 2. The SMILES string of the molecule is CCOC(=O)Cc1csc(NC(=O)/C=C/c2ccccc2Cl)n1. The van der Waals surface area contributed by atoms with Gasteiger partial charge < -0.3 is 4.74 Å². The average molecular weight is 351 g/mol. The summed E-state index contributed by atoms with van der Waals surface area (Å²) in [5.74, 6) is -0.656. The molecule has 5 nitrogen and oxygen atoms in total. The number of aromatic nitrogens is 1. The first-order chi connectivity index (χ1) is 11.1. The molecule has 2 rings (SSSR count). The van der Waals surface area contributed by atoms with Crippen molar-refractivity contribution >= 4 is 46.0 Å². The van der Waals surface area contributed by atoms with E-state index in [4.69, 9.17) is 16.3 Å². The molecule has 0 unspecified atom stereocenters. The number of rotatable bonds is 6. The number of thiazole rings is 1. The van der Waals surface area contributed by atoms with E-state index in [-0.39, 0.29) is 18.3 Å². The van der Waals surface area contributed by atoms with Crippen LogP contribution in [-0.2, 0) is 20.7 Å². The minimum absolute atomic E-state index is 0.0929. The Morgan fingerprint density at radius 1 is 1.39 bits per heavy atom. The van der Waals surface area contributed by atoms with Gasteiger partial charge in [-0.05, 0) is 24.6 Å². The van der Waals surface area contributed by atoms with Crippen LogP contribution < -0.4 is 5.32 Å². The molecule has 0 atom stereocenters. The van der Waals surface area contributed by atoms with Gasteiger partial charge in [-0.15, -0.1) is 11.3 Å². The van der Waals surface area contributed by atoms with Gasteiger partial charge in [0.1, 0.15) is 0 Å². The molecule has 0 fully saturated rings. The second-order valence-corrected chi connectivity index (χ2v) is 5.74. The highest BCUT2D eigenvalue weighted by atomic mass is 35.5. The second kappa shape index (κ2) is 8.45. The Balaban J connectivity index is 1.92. The summed E-state index contributed by atoms with van der Waals surface area (Å²) in [7, 11) is 0. The van der Waals surface area contributed by atoms with Crippen molar-refractivity contribution < 1.29 is 14.3 Å². The van der Waals surface area contributed by atoms with Crippen molar-refractivity contribution in [2.75, 3.05) is 11.9 Å². The van der Waals surface area contributed by atoms with Gasteiger partial charge in [0.25, 0.3) is 0 Å². The molecule has 1 aromatic carbocycles. The van der Waals surface area contributed by atoms with Crippen LogP contribution in [0.1, 0.15) is 18.2 Å². The Hall–Kier alpha value is -2.18. The molecule has 2 aromatic rings. The minimum Gasteiger partial charge on any atom is -0.466 e. The van der Waals surface area contributed by atoms with Crippen LogP contribution >= 0.6 is 22.9 Å². The zero-order chi connectivity index (χ0) is 16.7. The Bertz CT molecular complexity index is 728. The Labute approximate surface area is 143 Å². The first-order valence-corrected chi connectivity index (χ1v) is 8.18. The summed E-state index contributed by atoms with van der Waals surface area (Å²) in [6.07, 6.45) is 3.11. The fourth-order valence-electron chi connectivity index (χ4n) is 1.73. The maximum atomic E-state index is 11.9. The molecule has 0 saturated heterocycles. The quantitative estimate of drug-likeness (QED) is 0.639. The highest BCUT2D eigenvalue weighted by Crippen LogP contribution is 2.18. The Morgan fingerprint density at radius 3 is 2.91 bits per heavy atom. The molecule has 1 N–H and O–H groups in total. The van der Waals surface area contributed by atoms with Crippen molar-refractivity contribution in [3.63, 3.8) is 0 Å². The lowest BCUT2D eigenvalue weighted by molar-refractivity contribution is -0.142.